The minimum absolute atomic E-state index is 0.0347. The van der Waals surface area contributed by atoms with E-state index in [2.05, 4.69) is 5.32 Å². The summed E-state index contributed by atoms with van der Waals surface area (Å²) in [5.74, 6) is -1.84. The number of para-hydroxylation sites is 1. The van der Waals surface area contributed by atoms with E-state index in [1.807, 2.05) is 0 Å². The molecule has 0 aliphatic carbocycles. The first-order valence-corrected chi connectivity index (χ1v) is 16.2. The summed E-state index contributed by atoms with van der Waals surface area (Å²) in [7, 11) is -4.61. The number of carboxylic acid groups (broad SMARTS) is 1. The molecule has 2 aliphatic heterocycles. The minimum Gasteiger partial charge on any atom is -0.508 e. The van der Waals surface area contributed by atoms with Gasteiger partial charge in [-0.3, -0.25) is 9.59 Å². The first kappa shape index (κ1) is 33.0. The number of anilines is 1. The molecule has 5 rings (SSSR count). The SMILES string of the molecule is O=C(O)CCCCCCC(=O)Nc1ccc(C2=C(c3ccc(O)cc3)C3CC(S(=O)(=O)Oc4ccccc4C(F)(F)F)C2O3)cc1. The summed E-state index contributed by atoms with van der Waals surface area (Å²) < 4.78 is 78.9. The van der Waals surface area contributed by atoms with Gasteiger partial charge in [-0.05, 0) is 71.5 Å². The zero-order valence-electron chi connectivity index (χ0n) is 24.5. The van der Waals surface area contributed by atoms with E-state index in [1.165, 1.54) is 18.2 Å². The van der Waals surface area contributed by atoms with E-state index < -0.39 is 51.0 Å². The number of rotatable bonds is 13. The van der Waals surface area contributed by atoms with Gasteiger partial charge in [-0.15, -0.1) is 0 Å². The minimum atomic E-state index is -4.83. The highest BCUT2D eigenvalue weighted by molar-refractivity contribution is 7.87. The van der Waals surface area contributed by atoms with E-state index in [-0.39, 0.29) is 30.9 Å². The Morgan fingerprint density at radius 2 is 1.48 bits per heavy atom. The van der Waals surface area contributed by atoms with Crippen molar-refractivity contribution in [3.8, 4) is 11.5 Å². The lowest BCUT2D eigenvalue weighted by Gasteiger charge is -2.25. The number of fused-ring (bicyclic) bond motifs is 2. The van der Waals surface area contributed by atoms with Crippen LogP contribution in [0.25, 0.3) is 11.1 Å². The number of hydrogen-bond acceptors (Lipinski definition) is 7. The van der Waals surface area contributed by atoms with E-state index >= 15 is 0 Å². The first-order valence-electron chi connectivity index (χ1n) is 14.7. The Hall–Kier alpha value is -4.36. The summed E-state index contributed by atoms with van der Waals surface area (Å²) in [6.07, 6.45) is -3.67. The number of carbonyl (C=O) groups is 2. The molecule has 3 atom stereocenters. The number of aliphatic carboxylic acids is 1. The number of unbranched alkanes of at least 4 members (excludes halogenated alkanes) is 3. The first-order chi connectivity index (χ1) is 21.8. The van der Waals surface area contributed by atoms with Crippen LogP contribution in [-0.2, 0) is 30.6 Å². The number of phenols is 1. The van der Waals surface area contributed by atoms with Gasteiger partial charge in [-0.1, -0.05) is 49.2 Å². The molecular formula is C33H32F3NO8S. The molecule has 244 valence electrons. The second-order valence-corrected chi connectivity index (χ2v) is 13.0. The van der Waals surface area contributed by atoms with Crippen molar-refractivity contribution < 1.29 is 50.3 Å². The number of benzene rings is 3. The molecule has 3 N–H and O–H groups in total. The van der Waals surface area contributed by atoms with Crippen molar-refractivity contribution in [2.45, 2.75) is 68.6 Å². The number of halogens is 3. The Morgan fingerprint density at radius 3 is 2.13 bits per heavy atom. The van der Waals surface area contributed by atoms with Crippen LogP contribution in [0.4, 0.5) is 18.9 Å². The normalized spacial score (nSPS) is 19.3. The van der Waals surface area contributed by atoms with Gasteiger partial charge in [0.15, 0.2) is 5.75 Å². The lowest BCUT2D eigenvalue weighted by atomic mass is 9.83. The van der Waals surface area contributed by atoms with Gasteiger partial charge >= 0.3 is 22.3 Å². The van der Waals surface area contributed by atoms with Gasteiger partial charge in [0.2, 0.25) is 5.91 Å². The van der Waals surface area contributed by atoms with Crippen LogP contribution < -0.4 is 9.50 Å². The molecule has 0 saturated carbocycles. The van der Waals surface area contributed by atoms with Crippen LogP contribution in [-0.4, -0.2) is 48.0 Å². The zero-order chi connectivity index (χ0) is 33.1. The topological polar surface area (TPSA) is 139 Å². The molecule has 0 radical (unpaired) electrons. The van der Waals surface area contributed by atoms with Gasteiger partial charge in [-0.25, -0.2) is 0 Å². The van der Waals surface area contributed by atoms with E-state index in [9.17, 15) is 36.3 Å². The average Bonchev–Trinajstić information content (AvgIpc) is 3.59. The molecule has 1 amide bonds. The molecule has 2 aliphatic rings. The van der Waals surface area contributed by atoms with Gasteiger partial charge in [-0.2, -0.15) is 21.6 Å². The van der Waals surface area contributed by atoms with Crippen LogP contribution in [0, 0.1) is 0 Å². The molecule has 9 nitrogen and oxygen atoms in total. The number of amides is 1. The fourth-order valence-corrected chi connectivity index (χ4v) is 7.26. The lowest BCUT2D eigenvalue weighted by Crippen LogP contribution is -2.36. The molecule has 3 aromatic carbocycles. The molecule has 13 heteroatoms. The highest BCUT2D eigenvalue weighted by atomic mass is 32.2. The standard InChI is InChI=1S/C33H32F3NO8S/c34-33(35,36)24-7-5-6-8-25(24)45-46(42,43)27-19-26-30(20-13-17-23(38)18-14-20)31(32(27)44-26)21-11-15-22(16-12-21)37-28(39)9-3-1-2-4-10-29(40)41/h5-8,11-18,26-27,32,38H,1-4,9-10,19H2,(H,37,39)(H,40,41). The van der Waals surface area contributed by atoms with Gasteiger partial charge in [0.1, 0.15) is 17.1 Å². The molecule has 2 bridgehead atoms. The second kappa shape index (κ2) is 13.6. The largest absolute Gasteiger partial charge is 0.508 e. The Balaban J connectivity index is 1.36. The summed E-state index contributed by atoms with van der Waals surface area (Å²) in [6, 6.07) is 17.1. The Kier molecular flexibility index (Phi) is 9.73. The molecule has 1 fully saturated rings. The van der Waals surface area contributed by atoms with E-state index in [0.29, 0.717) is 47.2 Å². The maximum Gasteiger partial charge on any atom is 0.420 e. The Bertz CT molecular complexity index is 1720. The van der Waals surface area contributed by atoms with Crippen LogP contribution in [0.15, 0.2) is 72.8 Å². The number of carboxylic acids is 1. The lowest BCUT2D eigenvalue weighted by molar-refractivity contribution is -0.138. The fourth-order valence-electron chi connectivity index (χ4n) is 5.83. The van der Waals surface area contributed by atoms with Crippen LogP contribution in [0.3, 0.4) is 0 Å². The molecule has 3 aromatic rings. The number of phenolic OH excluding ortho intramolecular Hbond substituents is 1. The van der Waals surface area contributed by atoms with Crippen molar-refractivity contribution in [3.05, 3.63) is 89.5 Å². The summed E-state index contributed by atoms with van der Waals surface area (Å²) in [6.45, 7) is 0. The second-order valence-electron chi connectivity index (χ2n) is 11.2. The van der Waals surface area contributed by atoms with Crippen molar-refractivity contribution in [3.63, 3.8) is 0 Å². The summed E-state index contributed by atoms with van der Waals surface area (Å²) >= 11 is 0. The summed E-state index contributed by atoms with van der Waals surface area (Å²) in [4.78, 5) is 23.1. The Morgan fingerprint density at radius 1 is 0.870 bits per heavy atom. The highest BCUT2D eigenvalue weighted by Gasteiger charge is 2.54. The molecule has 46 heavy (non-hydrogen) atoms. The Labute approximate surface area is 263 Å². The number of alkyl halides is 3. The number of ether oxygens (including phenoxy) is 1. The van der Waals surface area contributed by atoms with Crippen molar-refractivity contribution in [2.75, 3.05) is 5.32 Å². The predicted octanol–water partition coefficient (Wildman–Crippen LogP) is 6.63. The van der Waals surface area contributed by atoms with Gasteiger partial charge in [0.05, 0.1) is 11.7 Å². The summed E-state index contributed by atoms with van der Waals surface area (Å²) in [5, 5.41) is 20.0. The zero-order valence-corrected chi connectivity index (χ0v) is 25.3. The fraction of sp³-hybridized carbons (Fsp3) is 0.333. The predicted molar refractivity (Wildman–Crippen MR) is 163 cm³/mol. The maximum absolute atomic E-state index is 13.6. The van der Waals surface area contributed by atoms with Crippen molar-refractivity contribution in [2.24, 2.45) is 0 Å². The highest BCUT2D eigenvalue weighted by Crippen LogP contribution is 2.51. The van der Waals surface area contributed by atoms with Crippen LogP contribution in [0.2, 0.25) is 0 Å². The third-order valence-electron chi connectivity index (χ3n) is 7.96. The van der Waals surface area contributed by atoms with Crippen LogP contribution >= 0.6 is 0 Å². The third-order valence-corrected chi connectivity index (χ3v) is 9.56. The van der Waals surface area contributed by atoms with Crippen molar-refractivity contribution >= 4 is 38.8 Å². The smallest absolute Gasteiger partial charge is 0.420 e. The van der Waals surface area contributed by atoms with E-state index in [1.54, 1.807) is 36.4 Å². The molecule has 0 spiro atoms. The number of nitrogens with one attached hydrogen (secondary N) is 1. The maximum atomic E-state index is 13.6. The number of hydrogen-bond donors (Lipinski definition) is 3. The third kappa shape index (κ3) is 7.53. The van der Waals surface area contributed by atoms with Gasteiger partial charge in [0, 0.05) is 24.9 Å². The monoisotopic (exact) mass is 659 g/mol. The van der Waals surface area contributed by atoms with Crippen molar-refractivity contribution in [1.82, 2.24) is 0 Å². The van der Waals surface area contributed by atoms with E-state index in [4.69, 9.17) is 14.0 Å². The molecule has 3 unspecified atom stereocenters. The van der Waals surface area contributed by atoms with Crippen LogP contribution in [0.5, 0.6) is 11.5 Å². The average molecular weight is 660 g/mol. The van der Waals surface area contributed by atoms with Gasteiger partial charge in [0.25, 0.3) is 0 Å². The summed E-state index contributed by atoms with van der Waals surface area (Å²) in [5.41, 5.74) is 1.77. The molecule has 0 aromatic heterocycles. The number of carbonyl (C=O) groups excluding carboxylic acids is 1. The molecule has 1 saturated heterocycles. The van der Waals surface area contributed by atoms with Crippen molar-refractivity contribution in [1.29, 1.82) is 0 Å². The van der Waals surface area contributed by atoms with Crippen LogP contribution in [0.1, 0.15) is 61.6 Å². The molecule has 2 heterocycles. The number of aromatic hydroxyl groups is 1. The van der Waals surface area contributed by atoms with E-state index in [0.717, 1.165) is 24.6 Å². The molecular weight excluding hydrogens is 627 g/mol. The van der Waals surface area contributed by atoms with Gasteiger partial charge < -0.3 is 24.4 Å². The quantitative estimate of drug-likeness (QED) is 0.137.